The molecular weight excluding hydrogens is 470 g/mol. The molecule has 7 nitrogen and oxygen atoms in total. The zero-order valence-electron chi connectivity index (χ0n) is 17.7. The van der Waals surface area contributed by atoms with Crippen LogP contribution >= 0.6 is 23.4 Å². The van der Waals surface area contributed by atoms with Gasteiger partial charge in [-0.1, -0.05) is 11.6 Å². The van der Waals surface area contributed by atoms with Gasteiger partial charge in [-0.05, 0) is 68.7 Å². The fourth-order valence-electron chi connectivity index (χ4n) is 3.86. The summed E-state index contributed by atoms with van der Waals surface area (Å²) in [4.78, 5) is 25.6. The van der Waals surface area contributed by atoms with Crippen molar-refractivity contribution in [1.82, 2.24) is 4.31 Å². The van der Waals surface area contributed by atoms with Crippen LogP contribution in [0.25, 0.3) is 0 Å². The van der Waals surface area contributed by atoms with Gasteiger partial charge in [0.15, 0.2) is 0 Å². The van der Waals surface area contributed by atoms with Gasteiger partial charge in [-0.15, -0.1) is 11.8 Å². The van der Waals surface area contributed by atoms with E-state index in [9.17, 15) is 18.0 Å². The van der Waals surface area contributed by atoms with Crippen molar-refractivity contribution < 1.29 is 18.0 Å². The molecule has 1 fully saturated rings. The Labute approximate surface area is 196 Å². The molecule has 2 heterocycles. The molecule has 0 bridgehead atoms. The van der Waals surface area contributed by atoms with Crippen LogP contribution in [0.1, 0.15) is 25.3 Å². The van der Waals surface area contributed by atoms with E-state index in [1.807, 2.05) is 13.8 Å². The zero-order valence-corrected chi connectivity index (χ0v) is 20.1. The quantitative estimate of drug-likeness (QED) is 0.668. The molecule has 0 unspecified atom stereocenters. The molecule has 0 spiro atoms. The predicted octanol–water partition coefficient (Wildman–Crippen LogP) is 4.12. The molecule has 1 atom stereocenters. The van der Waals surface area contributed by atoms with E-state index in [1.54, 1.807) is 30.3 Å². The van der Waals surface area contributed by atoms with E-state index in [2.05, 4.69) is 10.6 Å². The molecule has 32 heavy (non-hydrogen) atoms. The first-order valence-electron chi connectivity index (χ1n) is 10.3. The summed E-state index contributed by atoms with van der Waals surface area (Å²) in [5, 5.41) is 6.09. The summed E-state index contributed by atoms with van der Waals surface area (Å²) in [6.07, 6.45) is 0.874. The van der Waals surface area contributed by atoms with E-state index in [0.29, 0.717) is 29.2 Å². The fourth-order valence-corrected chi connectivity index (χ4v) is 6.51. The molecule has 2 amide bonds. The second-order valence-electron chi connectivity index (χ2n) is 8.03. The number of anilines is 2. The maximum absolute atomic E-state index is 13.2. The van der Waals surface area contributed by atoms with E-state index in [-0.39, 0.29) is 41.0 Å². The zero-order chi connectivity index (χ0) is 23.0. The van der Waals surface area contributed by atoms with Crippen LogP contribution in [-0.4, -0.2) is 42.9 Å². The highest BCUT2D eigenvalue weighted by molar-refractivity contribution is 8.01. The number of halogens is 1. The van der Waals surface area contributed by atoms with E-state index in [4.69, 9.17) is 11.6 Å². The molecule has 170 valence electrons. The van der Waals surface area contributed by atoms with Crippen molar-refractivity contribution in [3.05, 3.63) is 47.0 Å². The molecule has 2 aliphatic heterocycles. The first-order chi connectivity index (χ1) is 15.1. The lowest BCUT2D eigenvalue weighted by Gasteiger charge is -2.31. The van der Waals surface area contributed by atoms with Gasteiger partial charge in [0.2, 0.25) is 21.8 Å². The highest BCUT2D eigenvalue weighted by Crippen LogP contribution is 2.37. The number of hydrogen-bond donors (Lipinski definition) is 2. The lowest BCUT2D eigenvalue weighted by atomic mass is 9.97. The van der Waals surface area contributed by atoms with Crippen LogP contribution in [-0.2, 0) is 19.6 Å². The Hall–Kier alpha value is -2.07. The SMILES string of the molecule is Cc1cc(Cl)ccc1NC(=O)C1CCN(S(=O)(=O)c2ccc3c(c2)NC(=O)[C@H](C)S3)CC1. The van der Waals surface area contributed by atoms with Crippen molar-refractivity contribution in [3.8, 4) is 0 Å². The Kier molecular flexibility index (Phi) is 6.53. The Bertz CT molecular complexity index is 1180. The van der Waals surface area contributed by atoms with Gasteiger partial charge in [0.1, 0.15) is 0 Å². The number of nitrogens with zero attached hydrogens (tertiary/aromatic N) is 1. The number of amides is 2. The Morgan fingerprint density at radius 1 is 1.19 bits per heavy atom. The number of nitrogens with one attached hydrogen (secondary N) is 2. The third-order valence-electron chi connectivity index (χ3n) is 5.79. The number of piperidine rings is 1. The third kappa shape index (κ3) is 4.66. The van der Waals surface area contributed by atoms with E-state index < -0.39 is 10.0 Å². The molecule has 2 aromatic carbocycles. The number of sulfonamides is 1. The first-order valence-corrected chi connectivity index (χ1v) is 13.0. The Morgan fingerprint density at radius 3 is 2.59 bits per heavy atom. The minimum Gasteiger partial charge on any atom is -0.326 e. The van der Waals surface area contributed by atoms with Crippen LogP contribution in [0.4, 0.5) is 11.4 Å². The molecule has 4 rings (SSSR count). The highest BCUT2D eigenvalue weighted by atomic mass is 35.5. The number of hydrogen-bond acceptors (Lipinski definition) is 5. The van der Waals surface area contributed by atoms with Gasteiger partial charge >= 0.3 is 0 Å². The van der Waals surface area contributed by atoms with Crippen molar-refractivity contribution in [2.24, 2.45) is 5.92 Å². The standard InChI is InChI=1S/C22H24ClN3O4S2/c1-13-11-16(23)3-5-18(13)24-22(28)15-7-9-26(10-8-15)32(29,30)17-4-6-20-19(12-17)25-21(27)14(2)31-20/h3-6,11-12,14-15H,7-10H2,1-2H3,(H,24,28)(H,25,27)/t14-/m0/s1. The van der Waals surface area contributed by atoms with Crippen molar-refractivity contribution in [2.45, 2.75) is 41.7 Å². The molecule has 2 N–H and O–H groups in total. The third-order valence-corrected chi connectivity index (χ3v) is 9.10. The van der Waals surface area contributed by atoms with Crippen LogP contribution < -0.4 is 10.6 Å². The lowest BCUT2D eigenvalue weighted by molar-refractivity contribution is -0.121. The minimum absolute atomic E-state index is 0.116. The average Bonchev–Trinajstić information content (AvgIpc) is 2.76. The van der Waals surface area contributed by atoms with Gasteiger partial charge in [0, 0.05) is 34.6 Å². The number of benzene rings is 2. The molecule has 10 heteroatoms. The van der Waals surface area contributed by atoms with Crippen molar-refractivity contribution in [2.75, 3.05) is 23.7 Å². The highest BCUT2D eigenvalue weighted by Gasteiger charge is 2.33. The molecule has 0 aromatic heterocycles. The van der Waals surface area contributed by atoms with Gasteiger partial charge in [-0.25, -0.2) is 8.42 Å². The number of fused-ring (bicyclic) bond motifs is 1. The topological polar surface area (TPSA) is 95.6 Å². The lowest BCUT2D eigenvalue weighted by Crippen LogP contribution is -2.41. The van der Waals surface area contributed by atoms with Gasteiger partial charge in [-0.3, -0.25) is 9.59 Å². The normalized spacial score (nSPS) is 19.8. The number of rotatable bonds is 4. The number of thioether (sulfide) groups is 1. The number of aryl methyl sites for hydroxylation is 1. The summed E-state index contributed by atoms with van der Waals surface area (Å²) in [6, 6.07) is 10.1. The van der Waals surface area contributed by atoms with E-state index in [1.165, 1.54) is 22.1 Å². The number of carbonyl (C=O) groups is 2. The van der Waals surface area contributed by atoms with Crippen LogP contribution in [0.5, 0.6) is 0 Å². The van der Waals surface area contributed by atoms with Gasteiger partial charge in [0.25, 0.3) is 0 Å². The van der Waals surface area contributed by atoms with Crippen LogP contribution in [0.3, 0.4) is 0 Å². The molecule has 2 aliphatic rings. The van der Waals surface area contributed by atoms with Crippen LogP contribution in [0.2, 0.25) is 5.02 Å². The van der Waals surface area contributed by atoms with Gasteiger partial charge < -0.3 is 10.6 Å². The Morgan fingerprint density at radius 2 is 1.91 bits per heavy atom. The summed E-state index contributed by atoms with van der Waals surface area (Å²) in [7, 11) is -3.72. The maximum atomic E-state index is 13.2. The monoisotopic (exact) mass is 493 g/mol. The number of carbonyl (C=O) groups excluding carboxylic acids is 2. The minimum atomic E-state index is -3.72. The molecule has 2 aromatic rings. The van der Waals surface area contributed by atoms with Crippen LogP contribution in [0.15, 0.2) is 46.2 Å². The maximum Gasteiger partial charge on any atom is 0.243 e. The van der Waals surface area contributed by atoms with Crippen molar-refractivity contribution in [1.29, 1.82) is 0 Å². The molecular formula is C22H24ClN3O4S2. The van der Waals surface area contributed by atoms with Gasteiger partial charge in [-0.2, -0.15) is 4.31 Å². The largest absolute Gasteiger partial charge is 0.326 e. The second kappa shape index (κ2) is 9.05. The summed E-state index contributed by atoms with van der Waals surface area (Å²) in [5.74, 6) is -0.521. The molecule has 1 saturated heterocycles. The van der Waals surface area contributed by atoms with E-state index >= 15 is 0 Å². The molecule has 0 saturated carbocycles. The second-order valence-corrected chi connectivity index (χ2v) is 11.8. The predicted molar refractivity (Wildman–Crippen MR) is 127 cm³/mol. The van der Waals surface area contributed by atoms with Gasteiger partial charge in [0.05, 0.1) is 15.8 Å². The fraction of sp³-hybridized carbons (Fsp3) is 0.364. The molecule has 0 aliphatic carbocycles. The first kappa shape index (κ1) is 23.1. The summed E-state index contributed by atoms with van der Waals surface area (Å²) in [6.45, 7) is 4.20. The van der Waals surface area contributed by atoms with Crippen molar-refractivity contribution in [3.63, 3.8) is 0 Å². The van der Waals surface area contributed by atoms with E-state index in [0.717, 1.165) is 10.5 Å². The summed E-state index contributed by atoms with van der Waals surface area (Å²) < 4.78 is 27.7. The molecule has 0 radical (unpaired) electrons. The average molecular weight is 494 g/mol. The van der Waals surface area contributed by atoms with Crippen LogP contribution in [0, 0.1) is 12.8 Å². The Balaban J connectivity index is 1.42. The smallest absolute Gasteiger partial charge is 0.243 e. The summed E-state index contributed by atoms with van der Waals surface area (Å²) in [5.41, 5.74) is 2.10. The van der Waals surface area contributed by atoms with Crippen molar-refractivity contribution >= 4 is 56.6 Å². The summed E-state index contributed by atoms with van der Waals surface area (Å²) >= 11 is 7.38.